The topological polar surface area (TPSA) is 25.2 Å². The van der Waals surface area contributed by atoms with Crippen molar-refractivity contribution in [2.75, 3.05) is 13.1 Å². The summed E-state index contributed by atoms with van der Waals surface area (Å²) in [4.78, 5) is 15.9. The number of carbonyl (C=O) groups excluding carboxylic acids is 1. The molecule has 0 saturated carbocycles. The summed E-state index contributed by atoms with van der Waals surface area (Å²) in [7, 11) is 0. The number of hydrogen-bond donors (Lipinski definition) is 0. The standard InChI is InChI=1S/C19H21F3N2OS/c20-19(21,22)13-6-5-11-24(12-13)17(25)16-14-7-1-2-8-15(14)26-18(16)23-9-3-4-10-23/h3-4,9-10,13H,1-2,5-8,11-12H2/t13-/m1/s1. The van der Waals surface area contributed by atoms with Crippen LogP contribution >= 0.6 is 11.3 Å². The molecular weight excluding hydrogens is 361 g/mol. The molecular formula is C19H21F3N2OS. The van der Waals surface area contributed by atoms with Crippen molar-refractivity contribution in [3.8, 4) is 5.00 Å². The molecule has 1 saturated heterocycles. The van der Waals surface area contributed by atoms with Gasteiger partial charge in [-0.25, -0.2) is 0 Å². The van der Waals surface area contributed by atoms with E-state index in [0.717, 1.165) is 36.2 Å². The van der Waals surface area contributed by atoms with E-state index >= 15 is 0 Å². The Kier molecular flexibility index (Phi) is 4.59. The minimum absolute atomic E-state index is 0.111. The van der Waals surface area contributed by atoms with Crippen molar-refractivity contribution < 1.29 is 18.0 Å². The van der Waals surface area contributed by atoms with Crippen LogP contribution in [0.25, 0.3) is 5.00 Å². The van der Waals surface area contributed by atoms with Crippen molar-refractivity contribution in [2.24, 2.45) is 5.92 Å². The predicted octanol–water partition coefficient (Wildman–Crippen LogP) is 4.83. The monoisotopic (exact) mass is 382 g/mol. The van der Waals surface area contributed by atoms with Crippen molar-refractivity contribution in [2.45, 2.75) is 44.7 Å². The lowest BCUT2D eigenvalue weighted by Crippen LogP contribution is -2.45. The molecule has 3 heterocycles. The highest BCUT2D eigenvalue weighted by molar-refractivity contribution is 7.15. The molecule has 1 amide bonds. The summed E-state index contributed by atoms with van der Waals surface area (Å²) >= 11 is 1.61. The smallest absolute Gasteiger partial charge is 0.338 e. The largest absolute Gasteiger partial charge is 0.393 e. The quantitative estimate of drug-likeness (QED) is 0.730. The summed E-state index contributed by atoms with van der Waals surface area (Å²) in [6, 6.07) is 3.79. The Morgan fingerprint density at radius 3 is 2.58 bits per heavy atom. The van der Waals surface area contributed by atoms with Crippen LogP contribution in [-0.4, -0.2) is 34.6 Å². The highest BCUT2D eigenvalue weighted by Gasteiger charge is 2.43. The molecule has 0 spiro atoms. The summed E-state index contributed by atoms with van der Waals surface area (Å²) in [5.74, 6) is -1.65. The lowest BCUT2D eigenvalue weighted by atomic mass is 9.93. The van der Waals surface area contributed by atoms with Crippen LogP contribution in [0.1, 0.15) is 46.5 Å². The van der Waals surface area contributed by atoms with Gasteiger partial charge in [-0.1, -0.05) is 0 Å². The van der Waals surface area contributed by atoms with E-state index in [1.54, 1.807) is 11.3 Å². The van der Waals surface area contributed by atoms with Crippen molar-refractivity contribution >= 4 is 17.2 Å². The summed E-state index contributed by atoms with van der Waals surface area (Å²) in [5.41, 5.74) is 1.69. The second-order valence-corrected chi connectivity index (χ2v) is 8.20. The third kappa shape index (κ3) is 3.17. The Labute approximate surface area is 154 Å². The molecule has 0 radical (unpaired) electrons. The fourth-order valence-corrected chi connectivity index (χ4v) is 5.36. The first kappa shape index (κ1) is 17.6. The highest BCUT2D eigenvalue weighted by Crippen LogP contribution is 2.39. The van der Waals surface area contributed by atoms with Crippen LogP contribution in [0.15, 0.2) is 24.5 Å². The molecule has 140 valence electrons. The number of carbonyl (C=O) groups is 1. The average molecular weight is 382 g/mol. The van der Waals surface area contributed by atoms with Crippen LogP contribution < -0.4 is 0 Å². The van der Waals surface area contributed by atoms with E-state index in [0.29, 0.717) is 18.5 Å². The van der Waals surface area contributed by atoms with Gasteiger partial charge >= 0.3 is 6.18 Å². The SMILES string of the molecule is O=C(c1c(-n2cccc2)sc2c1CCCC2)N1CCC[C@@H](C(F)(F)F)C1. The van der Waals surface area contributed by atoms with Crippen molar-refractivity contribution in [1.29, 1.82) is 0 Å². The minimum atomic E-state index is -4.24. The van der Waals surface area contributed by atoms with Gasteiger partial charge in [0.05, 0.1) is 11.5 Å². The molecule has 26 heavy (non-hydrogen) atoms. The first-order chi connectivity index (χ1) is 12.4. The average Bonchev–Trinajstić information content (AvgIpc) is 3.28. The molecule has 1 fully saturated rings. The van der Waals surface area contributed by atoms with E-state index in [-0.39, 0.29) is 18.9 Å². The van der Waals surface area contributed by atoms with E-state index in [1.807, 2.05) is 29.1 Å². The summed E-state index contributed by atoms with van der Waals surface area (Å²) in [5, 5.41) is 0.848. The molecule has 0 aromatic carbocycles. The van der Waals surface area contributed by atoms with Crippen LogP contribution in [0, 0.1) is 5.92 Å². The van der Waals surface area contributed by atoms with Gasteiger partial charge in [0.1, 0.15) is 5.00 Å². The van der Waals surface area contributed by atoms with Crippen molar-refractivity contribution in [1.82, 2.24) is 9.47 Å². The predicted molar refractivity (Wildman–Crippen MR) is 95.0 cm³/mol. The number of amides is 1. The van der Waals surface area contributed by atoms with Gasteiger partial charge in [-0.05, 0) is 56.2 Å². The van der Waals surface area contributed by atoms with Gasteiger partial charge < -0.3 is 9.47 Å². The second kappa shape index (κ2) is 6.76. The number of thiophene rings is 1. The van der Waals surface area contributed by atoms with Crippen LogP contribution in [0.5, 0.6) is 0 Å². The first-order valence-corrected chi connectivity index (χ1v) is 9.90. The Morgan fingerprint density at radius 1 is 1.12 bits per heavy atom. The third-order valence-electron chi connectivity index (χ3n) is 5.38. The molecule has 7 heteroatoms. The number of rotatable bonds is 2. The van der Waals surface area contributed by atoms with E-state index < -0.39 is 12.1 Å². The van der Waals surface area contributed by atoms with Crippen LogP contribution in [0.4, 0.5) is 13.2 Å². The molecule has 3 nitrogen and oxygen atoms in total. The molecule has 1 atom stereocenters. The molecule has 1 aliphatic carbocycles. The zero-order valence-corrected chi connectivity index (χ0v) is 15.2. The van der Waals surface area contributed by atoms with Crippen molar-refractivity contribution in [3.05, 3.63) is 40.5 Å². The highest BCUT2D eigenvalue weighted by atomic mass is 32.1. The van der Waals surface area contributed by atoms with Gasteiger partial charge in [0.25, 0.3) is 5.91 Å². The van der Waals surface area contributed by atoms with Gasteiger partial charge in [0.15, 0.2) is 0 Å². The molecule has 2 aromatic rings. The van der Waals surface area contributed by atoms with Crippen LogP contribution in [0.2, 0.25) is 0 Å². The Hall–Kier alpha value is -1.76. The van der Waals surface area contributed by atoms with E-state index in [9.17, 15) is 18.0 Å². The Bertz CT molecular complexity index is 795. The minimum Gasteiger partial charge on any atom is -0.338 e. The van der Waals surface area contributed by atoms with Gasteiger partial charge in [-0.15, -0.1) is 11.3 Å². The zero-order valence-electron chi connectivity index (χ0n) is 14.4. The second-order valence-electron chi connectivity index (χ2n) is 7.11. The Morgan fingerprint density at radius 2 is 1.85 bits per heavy atom. The van der Waals surface area contributed by atoms with Gasteiger partial charge in [-0.3, -0.25) is 4.79 Å². The maximum absolute atomic E-state index is 13.3. The van der Waals surface area contributed by atoms with Gasteiger partial charge in [-0.2, -0.15) is 13.2 Å². The molecule has 0 bridgehead atoms. The maximum atomic E-state index is 13.3. The summed E-state index contributed by atoms with van der Waals surface area (Å²) in [6.07, 6.45) is 3.98. The van der Waals surface area contributed by atoms with Gasteiger partial charge in [0.2, 0.25) is 0 Å². The normalized spacial score (nSPS) is 20.9. The summed E-state index contributed by atoms with van der Waals surface area (Å²) in [6.45, 7) is 0.180. The zero-order chi connectivity index (χ0) is 18.3. The number of alkyl halides is 3. The fraction of sp³-hybridized carbons (Fsp3) is 0.526. The lowest BCUT2D eigenvalue weighted by Gasteiger charge is -2.34. The summed E-state index contributed by atoms with van der Waals surface area (Å²) < 4.78 is 41.4. The van der Waals surface area contributed by atoms with E-state index in [2.05, 4.69) is 0 Å². The molecule has 4 rings (SSSR count). The Balaban J connectivity index is 1.70. The van der Waals surface area contributed by atoms with Crippen LogP contribution in [0.3, 0.4) is 0 Å². The van der Waals surface area contributed by atoms with Crippen molar-refractivity contribution in [3.63, 3.8) is 0 Å². The molecule has 1 aliphatic heterocycles. The van der Waals surface area contributed by atoms with E-state index in [4.69, 9.17) is 0 Å². The van der Waals surface area contributed by atoms with Crippen LogP contribution in [-0.2, 0) is 12.8 Å². The number of likely N-dealkylation sites (tertiary alicyclic amines) is 1. The number of halogens is 3. The van der Waals surface area contributed by atoms with E-state index in [1.165, 1.54) is 9.78 Å². The molecule has 2 aliphatic rings. The number of aromatic nitrogens is 1. The first-order valence-electron chi connectivity index (χ1n) is 9.09. The lowest BCUT2D eigenvalue weighted by molar-refractivity contribution is -0.184. The number of aryl methyl sites for hydroxylation is 1. The maximum Gasteiger partial charge on any atom is 0.393 e. The fourth-order valence-electron chi connectivity index (χ4n) is 4.01. The number of fused-ring (bicyclic) bond motifs is 1. The number of piperidine rings is 1. The molecule has 0 unspecified atom stereocenters. The number of nitrogens with zero attached hydrogens (tertiary/aromatic N) is 2. The number of hydrogen-bond acceptors (Lipinski definition) is 2. The van der Waals surface area contributed by atoms with Gasteiger partial charge in [0, 0.05) is 30.4 Å². The molecule has 0 N–H and O–H groups in total. The molecule has 2 aromatic heterocycles. The third-order valence-corrected chi connectivity index (χ3v) is 6.68.